The van der Waals surface area contributed by atoms with E-state index < -0.39 is 0 Å². The molecule has 0 aliphatic carbocycles. The van der Waals surface area contributed by atoms with Crippen LogP contribution in [0, 0.1) is 0 Å². The minimum absolute atomic E-state index is 0.0984. The van der Waals surface area contributed by atoms with Crippen LogP contribution in [0.1, 0.15) is 17.3 Å². The molecule has 0 aromatic heterocycles. The zero-order chi connectivity index (χ0) is 14.3. The Balaban J connectivity index is 2.69. The normalized spacial score (nSPS) is 10.8. The van der Waals surface area contributed by atoms with Crippen LogP contribution >= 0.6 is 15.9 Å². The smallest absolute Gasteiger partial charge is 0.176 e. The van der Waals surface area contributed by atoms with Crippen molar-refractivity contribution in [1.82, 2.24) is 4.90 Å². The minimum Gasteiger partial charge on any atom is -0.496 e. The van der Waals surface area contributed by atoms with Crippen LogP contribution in [0.3, 0.4) is 0 Å². The van der Waals surface area contributed by atoms with Crippen molar-refractivity contribution in [3.8, 4) is 5.75 Å². The van der Waals surface area contributed by atoms with E-state index in [0.717, 1.165) is 23.3 Å². The Bertz CT molecular complexity index is 423. The van der Waals surface area contributed by atoms with Crippen molar-refractivity contribution in [3.05, 3.63) is 28.2 Å². The zero-order valence-electron chi connectivity index (χ0n) is 11.6. The van der Waals surface area contributed by atoms with Gasteiger partial charge < -0.3 is 9.47 Å². The predicted octanol–water partition coefficient (Wildman–Crippen LogP) is 2.61. The van der Waals surface area contributed by atoms with E-state index in [1.165, 1.54) is 0 Å². The number of hydrogen-bond donors (Lipinski definition) is 0. The first-order chi connectivity index (χ1) is 9.12. The summed E-state index contributed by atoms with van der Waals surface area (Å²) in [5.41, 5.74) is 0.684. The lowest BCUT2D eigenvalue weighted by Gasteiger charge is -2.19. The monoisotopic (exact) mass is 329 g/mol. The van der Waals surface area contributed by atoms with Gasteiger partial charge in [0.25, 0.3) is 0 Å². The van der Waals surface area contributed by atoms with Crippen LogP contribution in [0.2, 0.25) is 0 Å². The predicted molar refractivity (Wildman–Crippen MR) is 79.0 cm³/mol. The summed E-state index contributed by atoms with van der Waals surface area (Å²) >= 11 is 3.39. The minimum atomic E-state index is 0.0984. The molecule has 0 bridgehead atoms. The number of carbonyl (C=O) groups is 1. The van der Waals surface area contributed by atoms with Crippen LogP contribution in [0.25, 0.3) is 0 Å². The van der Waals surface area contributed by atoms with Crippen LogP contribution in [0.15, 0.2) is 22.7 Å². The van der Waals surface area contributed by atoms with Gasteiger partial charge in [0.15, 0.2) is 5.78 Å². The number of likely N-dealkylation sites (N-methyl/N-ethyl adjacent to an activating group) is 1. The molecule has 1 rings (SSSR count). The molecule has 0 atom stereocenters. The molecule has 0 amide bonds. The molecule has 0 aliphatic heterocycles. The van der Waals surface area contributed by atoms with E-state index in [0.29, 0.717) is 18.7 Å². The molecule has 0 heterocycles. The summed E-state index contributed by atoms with van der Waals surface area (Å²) in [5.74, 6) is 0.824. The first kappa shape index (κ1) is 16.1. The molecule has 19 heavy (non-hydrogen) atoms. The van der Waals surface area contributed by atoms with E-state index in [9.17, 15) is 4.79 Å². The SMILES string of the molecule is CCN(CCOC)CC(=O)c1ccc(OC)c(Br)c1. The van der Waals surface area contributed by atoms with E-state index in [4.69, 9.17) is 9.47 Å². The summed E-state index contributed by atoms with van der Waals surface area (Å²) in [7, 11) is 3.27. The molecule has 5 heteroatoms. The van der Waals surface area contributed by atoms with Crippen molar-refractivity contribution in [2.24, 2.45) is 0 Å². The first-order valence-electron chi connectivity index (χ1n) is 6.20. The fraction of sp³-hybridized carbons (Fsp3) is 0.500. The number of nitrogens with zero attached hydrogens (tertiary/aromatic N) is 1. The third kappa shape index (κ3) is 4.93. The van der Waals surface area contributed by atoms with Crippen molar-refractivity contribution in [2.45, 2.75) is 6.92 Å². The van der Waals surface area contributed by atoms with Gasteiger partial charge in [-0.1, -0.05) is 6.92 Å². The van der Waals surface area contributed by atoms with Gasteiger partial charge in [-0.2, -0.15) is 0 Å². The number of Topliss-reactive ketones (excluding diaryl/α,β-unsaturated/α-hetero) is 1. The molecular formula is C14H20BrNO3. The lowest BCUT2D eigenvalue weighted by Crippen LogP contribution is -2.32. The van der Waals surface area contributed by atoms with Crippen LogP contribution in [-0.2, 0) is 4.74 Å². The molecule has 0 saturated carbocycles. The largest absolute Gasteiger partial charge is 0.496 e. The van der Waals surface area contributed by atoms with Gasteiger partial charge in [0.1, 0.15) is 5.75 Å². The van der Waals surface area contributed by atoms with Crippen molar-refractivity contribution >= 4 is 21.7 Å². The fourth-order valence-corrected chi connectivity index (χ4v) is 2.24. The fourth-order valence-electron chi connectivity index (χ4n) is 1.70. The maximum Gasteiger partial charge on any atom is 0.176 e. The van der Waals surface area contributed by atoms with Gasteiger partial charge in [-0.05, 0) is 40.7 Å². The second-order valence-electron chi connectivity index (χ2n) is 4.13. The second-order valence-corrected chi connectivity index (χ2v) is 4.99. The van der Waals surface area contributed by atoms with Crippen molar-refractivity contribution in [3.63, 3.8) is 0 Å². The quantitative estimate of drug-likeness (QED) is 0.687. The number of rotatable bonds is 8. The van der Waals surface area contributed by atoms with Crippen LogP contribution in [0.4, 0.5) is 0 Å². The highest BCUT2D eigenvalue weighted by atomic mass is 79.9. The molecule has 0 saturated heterocycles. The number of halogens is 1. The molecule has 0 aliphatic rings. The maximum absolute atomic E-state index is 12.2. The van der Waals surface area contributed by atoms with Gasteiger partial charge in [-0.25, -0.2) is 0 Å². The summed E-state index contributed by atoms with van der Waals surface area (Å²) in [4.78, 5) is 14.2. The molecule has 0 N–H and O–H groups in total. The summed E-state index contributed by atoms with van der Waals surface area (Å²) in [6, 6.07) is 5.38. The molecule has 106 valence electrons. The Morgan fingerprint density at radius 1 is 1.37 bits per heavy atom. The third-order valence-corrected chi connectivity index (χ3v) is 3.52. The number of ether oxygens (including phenoxy) is 2. The number of methoxy groups -OCH3 is 2. The summed E-state index contributed by atoms with van der Waals surface area (Å²) in [6.07, 6.45) is 0. The first-order valence-corrected chi connectivity index (χ1v) is 6.99. The van der Waals surface area contributed by atoms with E-state index >= 15 is 0 Å². The summed E-state index contributed by atoms with van der Waals surface area (Å²) < 4.78 is 11.0. The van der Waals surface area contributed by atoms with Gasteiger partial charge >= 0.3 is 0 Å². The lowest BCUT2D eigenvalue weighted by atomic mass is 10.1. The average Bonchev–Trinajstić information content (AvgIpc) is 2.43. The molecule has 1 aromatic carbocycles. The van der Waals surface area contributed by atoms with Gasteiger partial charge in [0.2, 0.25) is 0 Å². The van der Waals surface area contributed by atoms with E-state index in [1.807, 2.05) is 6.92 Å². The second kappa shape index (κ2) is 8.30. The van der Waals surface area contributed by atoms with E-state index in [-0.39, 0.29) is 5.78 Å². The average molecular weight is 330 g/mol. The van der Waals surface area contributed by atoms with Crippen LogP contribution < -0.4 is 4.74 Å². The zero-order valence-corrected chi connectivity index (χ0v) is 13.2. The van der Waals surface area contributed by atoms with E-state index in [2.05, 4.69) is 20.8 Å². The topological polar surface area (TPSA) is 38.8 Å². The summed E-state index contributed by atoms with van der Waals surface area (Å²) in [6.45, 7) is 4.65. The molecule has 4 nitrogen and oxygen atoms in total. The Hall–Kier alpha value is -0.910. The number of ketones is 1. The molecule has 0 unspecified atom stereocenters. The number of carbonyl (C=O) groups excluding carboxylic acids is 1. The standard InChI is InChI=1S/C14H20BrNO3/c1-4-16(7-8-18-2)10-13(17)11-5-6-14(19-3)12(15)9-11/h5-6,9H,4,7-8,10H2,1-3H3. The Labute approximate surface area is 122 Å². The van der Waals surface area contributed by atoms with Crippen molar-refractivity contribution < 1.29 is 14.3 Å². The number of hydrogen-bond acceptors (Lipinski definition) is 4. The Morgan fingerprint density at radius 2 is 2.11 bits per heavy atom. The number of benzene rings is 1. The molecule has 0 radical (unpaired) electrons. The van der Waals surface area contributed by atoms with E-state index in [1.54, 1.807) is 32.4 Å². The molecule has 0 spiro atoms. The summed E-state index contributed by atoms with van der Waals surface area (Å²) in [5, 5.41) is 0. The van der Waals surface area contributed by atoms with Gasteiger partial charge in [0, 0.05) is 19.2 Å². The Morgan fingerprint density at radius 3 is 2.63 bits per heavy atom. The maximum atomic E-state index is 12.2. The molecule has 1 aromatic rings. The van der Waals surface area contributed by atoms with Crippen LogP contribution in [-0.4, -0.2) is 51.1 Å². The van der Waals surface area contributed by atoms with Gasteiger partial charge in [-0.3, -0.25) is 9.69 Å². The molecule has 0 fully saturated rings. The molecular weight excluding hydrogens is 310 g/mol. The highest BCUT2D eigenvalue weighted by Crippen LogP contribution is 2.25. The van der Waals surface area contributed by atoms with Crippen molar-refractivity contribution in [2.75, 3.05) is 40.5 Å². The van der Waals surface area contributed by atoms with Crippen LogP contribution in [0.5, 0.6) is 5.75 Å². The van der Waals surface area contributed by atoms with Gasteiger partial charge in [-0.15, -0.1) is 0 Å². The van der Waals surface area contributed by atoms with Gasteiger partial charge in [0.05, 0.1) is 24.7 Å². The highest BCUT2D eigenvalue weighted by molar-refractivity contribution is 9.10. The van der Waals surface area contributed by atoms with Crippen molar-refractivity contribution in [1.29, 1.82) is 0 Å². The highest BCUT2D eigenvalue weighted by Gasteiger charge is 2.12. The Kier molecular flexibility index (Phi) is 7.05. The lowest BCUT2D eigenvalue weighted by molar-refractivity contribution is 0.0902. The third-order valence-electron chi connectivity index (χ3n) is 2.90.